The topological polar surface area (TPSA) is 72.3 Å². The Bertz CT molecular complexity index is 379. The summed E-state index contributed by atoms with van der Waals surface area (Å²) in [5.74, 6) is -0.555. The molecule has 0 aliphatic heterocycles. The predicted octanol–water partition coefficient (Wildman–Crippen LogP) is 0.819. The summed E-state index contributed by atoms with van der Waals surface area (Å²) < 4.78 is 5.12. The number of aliphatic carboxylic acids is 1. The lowest BCUT2D eigenvalue weighted by atomic mass is 9.97. The molecule has 15 heavy (non-hydrogen) atoms. The van der Waals surface area contributed by atoms with Crippen molar-refractivity contribution in [1.82, 2.24) is 9.97 Å². The fourth-order valence-corrected chi connectivity index (χ4v) is 1.75. The Labute approximate surface area is 87.1 Å². The van der Waals surface area contributed by atoms with Crippen molar-refractivity contribution in [1.29, 1.82) is 0 Å². The lowest BCUT2D eigenvalue weighted by molar-refractivity contribution is -0.139. The Hall–Kier alpha value is -1.65. The van der Waals surface area contributed by atoms with Crippen LogP contribution < -0.4 is 4.74 Å². The van der Waals surface area contributed by atoms with E-state index in [-0.39, 0.29) is 6.61 Å². The second-order valence-electron chi connectivity index (χ2n) is 3.49. The van der Waals surface area contributed by atoms with Gasteiger partial charge in [-0.1, -0.05) is 0 Å². The Morgan fingerprint density at radius 3 is 3.00 bits per heavy atom. The van der Waals surface area contributed by atoms with Crippen molar-refractivity contribution in [2.45, 2.75) is 25.7 Å². The molecule has 1 aliphatic rings. The number of fused-ring (bicyclic) bond motifs is 1. The second kappa shape index (κ2) is 4.25. The van der Waals surface area contributed by atoms with Crippen molar-refractivity contribution >= 4 is 5.97 Å². The maximum atomic E-state index is 10.4. The van der Waals surface area contributed by atoms with Crippen LogP contribution in [-0.2, 0) is 17.6 Å². The van der Waals surface area contributed by atoms with Gasteiger partial charge in [0.1, 0.15) is 6.33 Å². The molecule has 80 valence electrons. The molecule has 1 heterocycles. The maximum Gasteiger partial charge on any atom is 0.341 e. The maximum absolute atomic E-state index is 10.4. The first kappa shape index (κ1) is 9.89. The van der Waals surface area contributed by atoms with Crippen LogP contribution in [0, 0.1) is 0 Å². The molecule has 0 bridgehead atoms. The zero-order chi connectivity index (χ0) is 10.7. The number of carbonyl (C=O) groups is 1. The van der Waals surface area contributed by atoms with Gasteiger partial charge in [0.2, 0.25) is 5.88 Å². The average Bonchev–Trinajstić information content (AvgIpc) is 2.26. The average molecular weight is 208 g/mol. The summed E-state index contributed by atoms with van der Waals surface area (Å²) in [6.07, 6.45) is 5.46. The number of nitrogens with zero attached hydrogens (tertiary/aromatic N) is 2. The summed E-state index contributed by atoms with van der Waals surface area (Å²) in [6, 6.07) is 0. The molecule has 2 rings (SSSR count). The largest absolute Gasteiger partial charge is 0.479 e. The van der Waals surface area contributed by atoms with Crippen LogP contribution in [0.3, 0.4) is 0 Å². The molecule has 0 unspecified atom stereocenters. The number of carboxylic acids is 1. The standard InChI is InChI=1S/C10H12N2O3/c13-9(14)5-15-10-7-3-1-2-4-8(7)11-6-12-10/h6H,1-5H2,(H,13,14). The molecule has 5 heteroatoms. The highest BCUT2D eigenvalue weighted by Crippen LogP contribution is 2.25. The van der Waals surface area contributed by atoms with E-state index < -0.39 is 5.97 Å². The third kappa shape index (κ3) is 2.23. The molecule has 0 amide bonds. The fourth-order valence-electron chi connectivity index (χ4n) is 1.75. The number of rotatable bonds is 3. The summed E-state index contributed by atoms with van der Waals surface area (Å²) >= 11 is 0. The van der Waals surface area contributed by atoms with Crippen LogP contribution in [-0.4, -0.2) is 27.7 Å². The fraction of sp³-hybridized carbons (Fsp3) is 0.500. The molecule has 0 spiro atoms. The van der Waals surface area contributed by atoms with E-state index in [1.54, 1.807) is 0 Å². The van der Waals surface area contributed by atoms with Crippen LogP contribution in [0.15, 0.2) is 6.33 Å². The first-order valence-electron chi connectivity index (χ1n) is 4.94. The highest BCUT2D eigenvalue weighted by Gasteiger charge is 2.16. The van der Waals surface area contributed by atoms with Gasteiger partial charge >= 0.3 is 5.97 Å². The van der Waals surface area contributed by atoms with Crippen LogP contribution in [0.1, 0.15) is 24.1 Å². The normalized spacial score (nSPS) is 14.4. The molecule has 5 nitrogen and oxygen atoms in total. The molecule has 1 aromatic heterocycles. The minimum Gasteiger partial charge on any atom is -0.479 e. The van der Waals surface area contributed by atoms with Gasteiger partial charge in [-0.2, -0.15) is 0 Å². The predicted molar refractivity (Wildman–Crippen MR) is 51.8 cm³/mol. The third-order valence-electron chi connectivity index (χ3n) is 2.42. The van der Waals surface area contributed by atoms with Crippen molar-refractivity contribution in [3.05, 3.63) is 17.6 Å². The van der Waals surface area contributed by atoms with Crippen LogP contribution in [0.2, 0.25) is 0 Å². The number of ether oxygens (including phenoxy) is 1. The quantitative estimate of drug-likeness (QED) is 0.796. The number of hydrogen-bond acceptors (Lipinski definition) is 4. The summed E-state index contributed by atoms with van der Waals surface area (Å²) in [7, 11) is 0. The Morgan fingerprint density at radius 2 is 2.20 bits per heavy atom. The van der Waals surface area contributed by atoms with Gasteiger partial charge < -0.3 is 9.84 Å². The summed E-state index contributed by atoms with van der Waals surface area (Å²) in [5, 5.41) is 8.51. The lowest BCUT2D eigenvalue weighted by Crippen LogP contribution is -2.14. The smallest absolute Gasteiger partial charge is 0.341 e. The van der Waals surface area contributed by atoms with Gasteiger partial charge in [0.05, 0.1) is 5.69 Å². The Morgan fingerprint density at radius 1 is 1.40 bits per heavy atom. The van der Waals surface area contributed by atoms with E-state index >= 15 is 0 Å². The van der Waals surface area contributed by atoms with Crippen LogP contribution >= 0.6 is 0 Å². The van der Waals surface area contributed by atoms with E-state index in [1.807, 2.05) is 0 Å². The first-order valence-corrected chi connectivity index (χ1v) is 4.94. The van der Waals surface area contributed by atoms with Crippen LogP contribution in [0.25, 0.3) is 0 Å². The van der Waals surface area contributed by atoms with Gasteiger partial charge in [0, 0.05) is 5.56 Å². The zero-order valence-electron chi connectivity index (χ0n) is 8.27. The number of aromatic nitrogens is 2. The first-order chi connectivity index (χ1) is 7.27. The minimum absolute atomic E-state index is 0.344. The molecule has 0 atom stereocenters. The highest BCUT2D eigenvalue weighted by atomic mass is 16.5. The van der Waals surface area contributed by atoms with E-state index in [9.17, 15) is 4.79 Å². The van der Waals surface area contributed by atoms with Crippen molar-refractivity contribution in [3.8, 4) is 5.88 Å². The molecule has 1 N–H and O–H groups in total. The van der Waals surface area contributed by atoms with E-state index in [1.165, 1.54) is 6.33 Å². The molecular weight excluding hydrogens is 196 g/mol. The van der Waals surface area contributed by atoms with Gasteiger partial charge in [-0.15, -0.1) is 0 Å². The number of aryl methyl sites for hydroxylation is 1. The number of hydrogen-bond donors (Lipinski definition) is 1. The molecule has 0 radical (unpaired) electrons. The van der Waals surface area contributed by atoms with Gasteiger partial charge in [-0.3, -0.25) is 0 Å². The summed E-state index contributed by atoms with van der Waals surface area (Å²) in [6.45, 7) is -0.344. The molecular formula is C10H12N2O3. The van der Waals surface area contributed by atoms with Gasteiger partial charge in [-0.05, 0) is 25.7 Å². The zero-order valence-corrected chi connectivity index (χ0v) is 8.27. The second-order valence-corrected chi connectivity index (χ2v) is 3.49. The van der Waals surface area contributed by atoms with Crippen molar-refractivity contribution in [2.24, 2.45) is 0 Å². The Balaban J connectivity index is 2.19. The van der Waals surface area contributed by atoms with Crippen molar-refractivity contribution < 1.29 is 14.6 Å². The highest BCUT2D eigenvalue weighted by molar-refractivity contribution is 5.68. The molecule has 1 aliphatic carbocycles. The number of carboxylic acid groups (broad SMARTS) is 1. The Kier molecular flexibility index (Phi) is 2.80. The van der Waals surface area contributed by atoms with Gasteiger partial charge in [0.15, 0.2) is 6.61 Å². The van der Waals surface area contributed by atoms with Gasteiger partial charge in [-0.25, -0.2) is 14.8 Å². The lowest BCUT2D eigenvalue weighted by Gasteiger charge is -2.16. The van der Waals surface area contributed by atoms with Crippen LogP contribution in [0.5, 0.6) is 5.88 Å². The molecule has 0 fully saturated rings. The third-order valence-corrected chi connectivity index (χ3v) is 2.42. The minimum atomic E-state index is -0.988. The van der Waals surface area contributed by atoms with Crippen molar-refractivity contribution in [2.75, 3.05) is 6.61 Å². The van der Waals surface area contributed by atoms with E-state index in [4.69, 9.17) is 9.84 Å². The van der Waals surface area contributed by atoms with E-state index in [0.29, 0.717) is 5.88 Å². The van der Waals surface area contributed by atoms with Crippen molar-refractivity contribution in [3.63, 3.8) is 0 Å². The van der Waals surface area contributed by atoms with Gasteiger partial charge in [0.25, 0.3) is 0 Å². The van der Waals surface area contributed by atoms with E-state index in [0.717, 1.165) is 36.9 Å². The molecule has 0 saturated heterocycles. The molecule has 0 saturated carbocycles. The molecule has 0 aromatic carbocycles. The summed E-state index contributed by atoms with van der Waals surface area (Å²) in [5.41, 5.74) is 1.97. The molecule has 1 aromatic rings. The van der Waals surface area contributed by atoms with E-state index in [2.05, 4.69) is 9.97 Å². The monoisotopic (exact) mass is 208 g/mol. The SMILES string of the molecule is O=C(O)COc1ncnc2c1CCCC2. The van der Waals surface area contributed by atoms with Crippen LogP contribution in [0.4, 0.5) is 0 Å². The summed E-state index contributed by atoms with van der Waals surface area (Å²) in [4.78, 5) is 18.5.